The van der Waals surface area contributed by atoms with E-state index in [-0.39, 0.29) is 5.56 Å². The molecule has 0 unspecified atom stereocenters. The number of hydrogen-bond acceptors (Lipinski definition) is 2. The molecular weight excluding hydrogens is 296 g/mol. The molecule has 0 aliphatic carbocycles. The molecule has 0 amide bonds. The molecule has 5 heteroatoms. The van der Waals surface area contributed by atoms with E-state index in [1.807, 2.05) is 19.9 Å². The Hall–Kier alpha value is -1.62. The molecule has 0 radical (unpaired) electrons. The number of carboxylic acids is 1. The molecule has 0 aliphatic rings. The summed E-state index contributed by atoms with van der Waals surface area (Å²) in [6.07, 6.45) is 1.78. The Kier molecular flexibility index (Phi) is 3.52. The molecule has 94 valence electrons. The van der Waals surface area contributed by atoms with E-state index in [2.05, 4.69) is 21.0 Å². The van der Waals surface area contributed by atoms with Crippen LogP contribution in [0.15, 0.2) is 34.9 Å². The Morgan fingerprint density at radius 1 is 1.39 bits per heavy atom. The molecule has 0 saturated carbocycles. The molecule has 2 aromatic rings. The van der Waals surface area contributed by atoms with Crippen molar-refractivity contribution in [3.8, 4) is 5.69 Å². The van der Waals surface area contributed by atoms with Gasteiger partial charge in [-0.3, -0.25) is 0 Å². The average Bonchev–Trinajstić information content (AvgIpc) is 2.77. The maximum absolute atomic E-state index is 11.2. The lowest BCUT2D eigenvalue weighted by atomic mass is 10.1. The summed E-state index contributed by atoms with van der Waals surface area (Å²) >= 11 is 3.34. The number of benzene rings is 1. The largest absolute Gasteiger partial charge is 0.478 e. The van der Waals surface area contributed by atoms with Crippen LogP contribution < -0.4 is 0 Å². The summed E-state index contributed by atoms with van der Waals surface area (Å²) < 4.78 is 2.42. The van der Waals surface area contributed by atoms with E-state index in [0.717, 1.165) is 10.2 Å². The lowest BCUT2D eigenvalue weighted by Gasteiger charge is -2.07. The number of hydrogen-bond donors (Lipinski definition) is 1. The fourth-order valence-corrected chi connectivity index (χ4v) is 2.00. The first-order valence-electron chi connectivity index (χ1n) is 5.58. The van der Waals surface area contributed by atoms with Gasteiger partial charge in [0.25, 0.3) is 0 Å². The first-order valence-corrected chi connectivity index (χ1v) is 6.37. The highest BCUT2D eigenvalue weighted by atomic mass is 79.9. The number of rotatable bonds is 3. The molecule has 4 nitrogen and oxygen atoms in total. The Balaban J connectivity index is 2.54. The van der Waals surface area contributed by atoms with Crippen molar-refractivity contribution in [3.05, 3.63) is 46.2 Å². The molecule has 0 saturated heterocycles. The van der Waals surface area contributed by atoms with E-state index in [4.69, 9.17) is 0 Å². The van der Waals surface area contributed by atoms with Crippen molar-refractivity contribution in [2.24, 2.45) is 0 Å². The van der Waals surface area contributed by atoms with Gasteiger partial charge in [0, 0.05) is 10.7 Å². The predicted octanol–water partition coefficient (Wildman–Crippen LogP) is 3.46. The molecule has 0 aliphatic heterocycles. The minimum absolute atomic E-state index is 0.233. The predicted molar refractivity (Wildman–Crippen MR) is 72.3 cm³/mol. The summed E-state index contributed by atoms with van der Waals surface area (Å²) in [6.45, 7) is 4.09. The standard InChI is InChI=1S/C13H13BrN2O2/c1-8(2)11-5-6-16(15-11)12-7-9(14)3-4-10(12)13(17)18/h3-8H,1-2H3,(H,17,18). The highest BCUT2D eigenvalue weighted by molar-refractivity contribution is 9.10. The van der Waals surface area contributed by atoms with E-state index in [9.17, 15) is 9.90 Å². The Bertz CT molecular complexity index is 590. The Labute approximate surface area is 113 Å². The van der Waals surface area contributed by atoms with E-state index in [1.54, 1.807) is 29.1 Å². The molecule has 0 spiro atoms. The summed E-state index contributed by atoms with van der Waals surface area (Å²) in [7, 11) is 0. The number of aromatic carboxylic acids is 1. The molecule has 0 fully saturated rings. The lowest BCUT2D eigenvalue weighted by Crippen LogP contribution is -2.06. The van der Waals surface area contributed by atoms with Crippen LogP contribution in [-0.4, -0.2) is 20.9 Å². The van der Waals surface area contributed by atoms with Gasteiger partial charge in [-0.15, -0.1) is 0 Å². The maximum atomic E-state index is 11.2. The number of carbonyl (C=O) groups is 1. The molecule has 0 atom stereocenters. The lowest BCUT2D eigenvalue weighted by molar-refractivity contribution is 0.0696. The Morgan fingerprint density at radius 2 is 2.11 bits per heavy atom. The zero-order chi connectivity index (χ0) is 13.3. The van der Waals surface area contributed by atoms with Crippen LogP contribution in [0.3, 0.4) is 0 Å². The normalized spacial score (nSPS) is 10.9. The SMILES string of the molecule is CC(C)c1ccn(-c2cc(Br)ccc2C(=O)O)n1. The fourth-order valence-electron chi connectivity index (χ4n) is 1.66. The Morgan fingerprint density at radius 3 is 2.67 bits per heavy atom. The first kappa shape index (κ1) is 12.8. The molecule has 1 heterocycles. The number of halogens is 1. The van der Waals surface area contributed by atoms with Crippen molar-refractivity contribution in [2.45, 2.75) is 19.8 Å². The van der Waals surface area contributed by atoms with Crippen molar-refractivity contribution in [2.75, 3.05) is 0 Å². The van der Waals surface area contributed by atoms with Gasteiger partial charge < -0.3 is 5.11 Å². The number of aromatic nitrogens is 2. The summed E-state index contributed by atoms with van der Waals surface area (Å²) in [5, 5.41) is 13.6. The second-order valence-corrected chi connectivity index (χ2v) is 5.22. The minimum atomic E-state index is -0.959. The van der Waals surface area contributed by atoms with Gasteiger partial charge in [-0.2, -0.15) is 5.10 Å². The quantitative estimate of drug-likeness (QED) is 0.944. The molecular formula is C13H13BrN2O2. The highest BCUT2D eigenvalue weighted by Crippen LogP contribution is 2.21. The van der Waals surface area contributed by atoms with E-state index in [0.29, 0.717) is 11.6 Å². The molecule has 2 rings (SSSR count). The van der Waals surface area contributed by atoms with Crippen LogP contribution in [0, 0.1) is 0 Å². The second kappa shape index (κ2) is 4.94. The van der Waals surface area contributed by atoms with E-state index in [1.165, 1.54) is 0 Å². The van der Waals surface area contributed by atoms with Crippen molar-refractivity contribution in [1.82, 2.24) is 9.78 Å². The van der Waals surface area contributed by atoms with Gasteiger partial charge in [0.05, 0.1) is 16.9 Å². The summed E-state index contributed by atoms with van der Waals surface area (Å²) in [4.78, 5) is 11.2. The zero-order valence-electron chi connectivity index (χ0n) is 10.1. The number of nitrogens with zero attached hydrogens (tertiary/aromatic N) is 2. The van der Waals surface area contributed by atoms with Crippen LogP contribution in [0.25, 0.3) is 5.69 Å². The second-order valence-electron chi connectivity index (χ2n) is 4.31. The third-order valence-electron chi connectivity index (χ3n) is 2.64. The highest BCUT2D eigenvalue weighted by Gasteiger charge is 2.13. The third kappa shape index (κ3) is 2.46. The third-order valence-corrected chi connectivity index (χ3v) is 3.13. The van der Waals surface area contributed by atoms with Crippen molar-refractivity contribution in [1.29, 1.82) is 0 Å². The van der Waals surface area contributed by atoms with Crippen LogP contribution in [0.1, 0.15) is 35.8 Å². The molecule has 0 bridgehead atoms. The van der Waals surface area contributed by atoms with Crippen molar-refractivity contribution < 1.29 is 9.90 Å². The van der Waals surface area contributed by atoms with Crippen LogP contribution in [-0.2, 0) is 0 Å². The smallest absolute Gasteiger partial charge is 0.337 e. The minimum Gasteiger partial charge on any atom is -0.478 e. The summed E-state index contributed by atoms with van der Waals surface area (Å²) in [5.74, 6) is -0.647. The monoisotopic (exact) mass is 308 g/mol. The van der Waals surface area contributed by atoms with Crippen molar-refractivity contribution in [3.63, 3.8) is 0 Å². The average molecular weight is 309 g/mol. The van der Waals surface area contributed by atoms with Gasteiger partial charge in [0.1, 0.15) is 0 Å². The van der Waals surface area contributed by atoms with Gasteiger partial charge in [-0.05, 0) is 30.2 Å². The van der Waals surface area contributed by atoms with E-state index >= 15 is 0 Å². The topological polar surface area (TPSA) is 55.1 Å². The fraction of sp³-hybridized carbons (Fsp3) is 0.231. The molecule has 18 heavy (non-hydrogen) atoms. The zero-order valence-corrected chi connectivity index (χ0v) is 11.7. The van der Waals surface area contributed by atoms with Gasteiger partial charge in [0.2, 0.25) is 0 Å². The van der Waals surface area contributed by atoms with Gasteiger partial charge in [-0.25, -0.2) is 9.48 Å². The van der Waals surface area contributed by atoms with Crippen LogP contribution >= 0.6 is 15.9 Å². The molecule has 1 aromatic carbocycles. The van der Waals surface area contributed by atoms with E-state index < -0.39 is 5.97 Å². The summed E-state index contributed by atoms with van der Waals surface area (Å²) in [6, 6.07) is 6.93. The van der Waals surface area contributed by atoms with Crippen LogP contribution in [0.5, 0.6) is 0 Å². The molecule has 1 N–H and O–H groups in total. The number of carboxylic acid groups (broad SMARTS) is 1. The first-order chi connectivity index (χ1) is 8.49. The van der Waals surface area contributed by atoms with Crippen LogP contribution in [0.4, 0.5) is 0 Å². The van der Waals surface area contributed by atoms with Gasteiger partial charge in [0.15, 0.2) is 0 Å². The van der Waals surface area contributed by atoms with Gasteiger partial charge in [-0.1, -0.05) is 29.8 Å². The molecule has 1 aromatic heterocycles. The van der Waals surface area contributed by atoms with Crippen LogP contribution in [0.2, 0.25) is 0 Å². The van der Waals surface area contributed by atoms with Crippen molar-refractivity contribution >= 4 is 21.9 Å². The van der Waals surface area contributed by atoms with Gasteiger partial charge >= 0.3 is 5.97 Å². The summed E-state index contributed by atoms with van der Waals surface area (Å²) in [5.41, 5.74) is 1.73. The maximum Gasteiger partial charge on any atom is 0.337 e.